The number of nitrogens with zero attached hydrogens (tertiary/aromatic N) is 1. The van der Waals surface area contributed by atoms with E-state index in [0.29, 0.717) is 0 Å². The minimum absolute atomic E-state index is 0.0295. The number of rotatable bonds is 3. The standard InChI is InChI=1S/C17H23N3O2/c1-11(13-10-19-14-12(13)6-5-9-18-14)20-15(21)22-17(7-8-17)16(2,3)4/h5-6,9-11H,7-8H2,1-4H3,(H,18,19)(H,20,21). The first-order valence-electron chi connectivity index (χ1n) is 7.74. The maximum atomic E-state index is 12.2. The normalized spacial score (nSPS) is 18.0. The molecule has 1 aliphatic carbocycles. The molecule has 0 aliphatic heterocycles. The van der Waals surface area contributed by atoms with E-state index in [1.807, 2.05) is 25.3 Å². The van der Waals surface area contributed by atoms with E-state index in [9.17, 15) is 4.79 Å². The Morgan fingerprint density at radius 1 is 1.45 bits per heavy atom. The Balaban J connectivity index is 1.69. The molecule has 5 nitrogen and oxygen atoms in total. The van der Waals surface area contributed by atoms with Crippen LogP contribution in [-0.4, -0.2) is 21.7 Å². The van der Waals surface area contributed by atoms with Crippen molar-refractivity contribution in [2.24, 2.45) is 5.41 Å². The fraction of sp³-hybridized carbons (Fsp3) is 0.529. The molecule has 0 radical (unpaired) electrons. The van der Waals surface area contributed by atoms with Gasteiger partial charge in [-0.2, -0.15) is 0 Å². The molecule has 118 valence electrons. The van der Waals surface area contributed by atoms with Gasteiger partial charge in [0.2, 0.25) is 0 Å². The number of aromatic amines is 1. The highest BCUT2D eigenvalue weighted by molar-refractivity contribution is 5.81. The van der Waals surface area contributed by atoms with Crippen molar-refractivity contribution in [2.45, 2.75) is 52.2 Å². The highest BCUT2D eigenvalue weighted by Gasteiger charge is 2.55. The summed E-state index contributed by atoms with van der Waals surface area (Å²) >= 11 is 0. The summed E-state index contributed by atoms with van der Waals surface area (Å²) in [5.74, 6) is 0. The molecule has 0 aromatic carbocycles. The molecule has 1 aliphatic rings. The smallest absolute Gasteiger partial charge is 0.408 e. The number of alkyl carbamates (subject to hydrolysis) is 1. The molecule has 0 bridgehead atoms. The van der Waals surface area contributed by atoms with Crippen molar-refractivity contribution in [1.82, 2.24) is 15.3 Å². The molecular weight excluding hydrogens is 278 g/mol. The molecule has 1 fully saturated rings. The van der Waals surface area contributed by atoms with Gasteiger partial charge in [0, 0.05) is 28.8 Å². The monoisotopic (exact) mass is 301 g/mol. The summed E-state index contributed by atoms with van der Waals surface area (Å²) < 4.78 is 5.72. The van der Waals surface area contributed by atoms with Gasteiger partial charge >= 0.3 is 6.09 Å². The quantitative estimate of drug-likeness (QED) is 0.902. The predicted octanol–water partition coefficient (Wildman–Crippen LogP) is 3.93. The average molecular weight is 301 g/mol. The predicted molar refractivity (Wildman–Crippen MR) is 85.5 cm³/mol. The van der Waals surface area contributed by atoms with Crippen LogP contribution in [0.3, 0.4) is 0 Å². The number of hydrogen-bond donors (Lipinski definition) is 2. The second-order valence-corrected chi connectivity index (χ2v) is 7.14. The van der Waals surface area contributed by atoms with Crippen molar-refractivity contribution >= 4 is 17.1 Å². The summed E-state index contributed by atoms with van der Waals surface area (Å²) in [6.45, 7) is 8.29. The van der Waals surface area contributed by atoms with Crippen LogP contribution in [0, 0.1) is 5.41 Å². The summed E-state index contributed by atoms with van der Waals surface area (Å²) in [5.41, 5.74) is 1.50. The SMILES string of the molecule is CC(NC(=O)OC1(C(C)(C)C)CC1)c1c[nH]c2ncccc12. The highest BCUT2D eigenvalue weighted by atomic mass is 16.6. The Morgan fingerprint density at radius 2 is 2.18 bits per heavy atom. The molecule has 3 rings (SSSR count). The molecule has 1 unspecified atom stereocenters. The fourth-order valence-electron chi connectivity index (χ4n) is 2.92. The van der Waals surface area contributed by atoms with E-state index in [1.165, 1.54) is 0 Å². The second-order valence-electron chi connectivity index (χ2n) is 7.14. The molecule has 1 amide bonds. The number of carbonyl (C=O) groups excluding carboxylic acids is 1. The summed E-state index contributed by atoms with van der Waals surface area (Å²) in [4.78, 5) is 19.6. The molecule has 2 N–H and O–H groups in total. The first-order valence-corrected chi connectivity index (χ1v) is 7.74. The fourth-order valence-corrected chi connectivity index (χ4v) is 2.92. The number of carbonyl (C=O) groups is 1. The van der Waals surface area contributed by atoms with E-state index in [1.54, 1.807) is 6.20 Å². The maximum absolute atomic E-state index is 12.2. The van der Waals surface area contributed by atoms with Gasteiger partial charge in [0.25, 0.3) is 0 Å². The number of ether oxygens (including phenoxy) is 1. The van der Waals surface area contributed by atoms with Crippen molar-refractivity contribution in [3.63, 3.8) is 0 Å². The minimum Gasteiger partial charge on any atom is -0.442 e. The second kappa shape index (κ2) is 5.00. The van der Waals surface area contributed by atoms with Crippen LogP contribution in [0.4, 0.5) is 4.79 Å². The van der Waals surface area contributed by atoms with Crippen LogP contribution in [-0.2, 0) is 4.74 Å². The number of nitrogens with one attached hydrogen (secondary N) is 2. The summed E-state index contributed by atoms with van der Waals surface area (Å²) in [5, 5.41) is 3.95. The molecule has 0 saturated heterocycles. The number of fused-ring (bicyclic) bond motifs is 1. The van der Waals surface area contributed by atoms with Gasteiger partial charge in [-0.15, -0.1) is 0 Å². The summed E-state index contributed by atoms with van der Waals surface area (Å²) in [6.07, 6.45) is 5.16. The van der Waals surface area contributed by atoms with E-state index in [2.05, 4.69) is 36.1 Å². The number of H-pyrrole nitrogens is 1. The topological polar surface area (TPSA) is 67.0 Å². The van der Waals surface area contributed by atoms with Crippen LogP contribution < -0.4 is 5.32 Å². The lowest BCUT2D eigenvalue weighted by molar-refractivity contribution is 0.00963. The van der Waals surface area contributed by atoms with Crippen molar-refractivity contribution in [2.75, 3.05) is 0 Å². The van der Waals surface area contributed by atoms with Crippen LogP contribution in [0.25, 0.3) is 11.0 Å². The lowest BCUT2D eigenvalue weighted by Gasteiger charge is -2.31. The van der Waals surface area contributed by atoms with Gasteiger partial charge in [0.15, 0.2) is 0 Å². The number of aromatic nitrogens is 2. The number of hydrogen-bond acceptors (Lipinski definition) is 3. The first-order chi connectivity index (χ1) is 10.3. The van der Waals surface area contributed by atoms with Crippen LogP contribution in [0.5, 0.6) is 0 Å². The lowest BCUT2D eigenvalue weighted by Crippen LogP contribution is -2.38. The third kappa shape index (κ3) is 2.56. The van der Waals surface area contributed by atoms with Crippen molar-refractivity contribution in [3.8, 4) is 0 Å². The van der Waals surface area contributed by atoms with Gasteiger partial charge in [-0.1, -0.05) is 20.8 Å². The van der Waals surface area contributed by atoms with E-state index in [-0.39, 0.29) is 23.2 Å². The molecule has 0 spiro atoms. The average Bonchev–Trinajstić information content (AvgIpc) is 3.10. The van der Waals surface area contributed by atoms with Crippen LogP contribution in [0.15, 0.2) is 24.5 Å². The Morgan fingerprint density at radius 3 is 2.82 bits per heavy atom. The van der Waals surface area contributed by atoms with Gasteiger partial charge in [-0.25, -0.2) is 9.78 Å². The molecule has 2 aromatic rings. The molecule has 2 heterocycles. The van der Waals surface area contributed by atoms with Gasteiger partial charge < -0.3 is 15.0 Å². The van der Waals surface area contributed by atoms with Crippen LogP contribution >= 0.6 is 0 Å². The minimum atomic E-state index is -0.349. The van der Waals surface area contributed by atoms with E-state index in [0.717, 1.165) is 29.4 Å². The zero-order valence-corrected chi connectivity index (χ0v) is 13.6. The van der Waals surface area contributed by atoms with Crippen LogP contribution in [0.2, 0.25) is 0 Å². The van der Waals surface area contributed by atoms with E-state index in [4.69, 9.17) is 4.74 Å². The van der Waals surface area contributed by atoms with E-state index >= 15 is 0 Å². The first kappa shape index (κ1) is 14.9. The molecular formula is C17H23N3O2. The van der Waals surface area contributed by atoms with Gasteiger partial charge in [0.1, 0.15) is 11.2 Å². The Labute approximate surface area is 130 Å². The third-order valence-corrected chi connectivity index (χ3v) is 4.64. The van der Waals surface area contributed by atoms with Gasteiger partial charge in [-0.3, -0.25) is 0 Å². The summed E-state index contributed by atoms with van der Waals surface area (Å²) in [7, 11) is 0. The molecule has 1 saturated carbocycles. The molecule has 1 atom stereocenters. The zero-order chi connectivity index (χ0) is 16.0. The van der Waals surface area contributed by atoms with E-state index < -0.39 is 0 Å². The van der Waals surface area contributed by atoms with Gasteiger partial charge in [-0.05, 0) is 31.9 Å². The van der Waals surface area contributed by atoms with Crippen molar-refractivity contribution in [1.29, 1.82) is 0 Å². The Kier molecular flexibility index (Phi) is 3.38. The third-order valence-electron chi connectivity index (χ3n) is 4.64. The van der Waals surface area contributed by atoms with Crippen molar-refractivity contribution < 1.29 is 9.53 Å². The van der Waals surface area contributed by atoms with Crippen molar-refractivity contribution in [3.05, 3.63) is 30.1 Å². The summed E-state index contributed by atoms with van der Waals surface area (Å²) in [6, 6.07) is 3.75. The number of pyridine rings is 1. The van der Waals surface area contributed by atoms with Crippen LogP contribution in [0.1, 0.15) is 52.1 Å². The zero-order valence-electron chi connectivity index (χ0n) is 13.6. The largest absolute Gasteiger partial charge is 0.442 e. The van der Waals surface area contributed by atoms with Gasteiger partial charge in [0.05, 0.1) is 6.04 Å². The Bertz CT molecular complexity index is 695. The highest BCUT2D eigenvalue weighted by Crippen LogP contribution is 2.52. The lowest BCUT2D eigenvalue weighted by atomic mass is 9.86. The molecule has 2 aromatic heterocycles. The number of amides is 1. The molecule has 5 heteroatoms. The molecule has 22 heavy (non-hydrogen) atoms. The maximum Gasteiger partial charge on any atom is 0.408 e. The Hall–Kier alpha value is -2.04.